The molecule has 1 fully saturated rings. The smallest absolute Gasteiger partial charge is 0.416 e. The predicted molar refractivity (Wildman–Crippen MR) is 103 cm³/mol. The molecule has 1 aliphatic heterocycles. The van der Waals surface area contributed by atoms with E-state index >= 15 is 0 Å². The summed E-state index contributed by atoms with van der Waals surface area (Å²) >= 11 is 3.28. The summed E-state index contributed by atoms with van der Waals surface area (Å²) in [6, 6.07) is 14.0. The quantitative estimate of drug-likeness (QED) is 0.559. The number of likely N-dealkylation sites (tertiary alicyclic amines) is 1. The Hall–Kier alpha value is -2.71. The van der Waals surface area contributed by atoms with Crippen molar-refractivity contribution in [2.45, 2.75) is 18.6 Å². The average molecular weight is 448 g/mol. The van der Waals surface area contributed by atoms with Crippen LogP contribution in [0.3, 0.4) is 0 Å². The number of carbonyl (C=O) groups excluding carboxylic acids is 3. The van der Waals surface area contributed by atoms with Crippen LogP contribution in [0.5, 0.6) is 5.75 Å². The van der Waals surface area contributed by atoms with Gasteiger partial charge in [0.15, 0.2) is 12.4 Å². The van der Waals surface area contributed by atoms with Crippen molar-refractivity contribution in [3.05, 3.63) is 64.6 Å². The van der Waals surface area contributed by atoms with Crippen LogP contribution in [0.2, 0.25) is 0 Å². The van der Waals surface area contributed by atoms with Crippen molar-refractivity contribution < 1.29 is 29.0 Å². The zero-order valence-electron chi connectivity index (χ0n) is 14.8. The van der Waals surface area contributed by atoms with Gasteiger partial charge in [-0.1, -0.05) is 46.3 Å². The maximum Gasteiger partial charge on any atom is 0.416 e. The molecule has 0 aliphatic carbocycles. The fraction of sp³-hybridized carbons (Fsp3) is 0.250. The van der Waals surface area contributed by atoms with Crippen LogP contribution in [0.1, 0.15) is 16.8 Å². The van der Waals surface area contributed by atoms with Crippen molar-refractivity contribution in [1.29, 1.82) is 0 Å². The molecule has 0 unspecified atom stereocenters. The minimum Gasteiger partial charge on any atom is -0.456 e. The fourth-order valence-electron chi connectivity index (χ4n) is 2.84. The molecule has 0 aromatic heterocycles. The number of hydrogen-bond donors (Lipinski definition) is 1. The maximum absolute atomic E-state index is 12.4. The van der Waals surface area contributed by atoms with Crippen LogP contribution in [0.15, 0.2) is 59.1 Å². The molecular formula is C20H18BrNO6. The molecule has 146 valence electrons. The zero-order chi connectivity index (χ0) is 20.1. The molecule has 0 spiro atoms. The fourth-order valence-corrected chi connectivity index (χ4v) is 3.10. The topological polar surface area (TPSA) is 93.1 Å². The Morgan fingerprint density at radius 1 is 1.07 bits per heavy atom. The lowest BCUT2D eigenvalue weighted by Crippen LogP contribution is -2.43. The summed E-state index contributed by atoms with van der Waals surface area (Å²) in [4.78, 5) is 38.0. The number of rotatable bonds is 5. The van der Waals surface area contributed by atoms with Crippen LogP contribution in [-0.2, 0) is 9.53 Å². The number of halogens is 1. The van der Waals surface area contributed by atoms with Crippen LogP contribution in [0, 0.1) is 0 Å². The molecule has 7 nitrogen and oxygen atoms in total. The van der Waals surface area contributed by atoms with Gasteiger partial charge in [0.05, 0.1) is 12.6 Å². The highest BCUT2D eigenvalue weighted by Crippen LogP contribution is 2.22. The van der Waals surface area contributed by atoms with Crippen molar-refractivity contribution in [2.24, 2.45) is 0 Å². The summed E-state index contributed by atoms with van der Waals surface area (Å²) in [5, 5.41) is 9.89. The standard InChI is InChI=1S/C20H18BrNO6/c21-14-8-6-13(7-9-14)18(24)12-27-19(25)17-10-15(23)11-22(17)20(26)28-16-4-2-1-3-5-16/h1-9,15,17,23H,10-12H2/t15-,17+/m1/s1. The van der Waals surface area contributed by atoms with Gasteiger partial charge in [-0.05, 0) is 24.3 Å². The van der Waals surface area contributed by atoms with Crippen molar-refractivity contribution in [3.8, 4) is 5.75 Å². The van der Waals surface area contributed by atoms with Gasteiger partial charge in [0.1, 0.15) is 11.8 Å². The number of ether oxygens (including phenoxy) is 2. The lowest BCUT2D eigenvalue weighted by atomic mass is 10.1. The van der Waals surface area contributed by atoms with E-state index in [9.17, 15) is 19.5 Å². The first-order valence-corrected chi connectivity index (χ1v) is 9.40. The van der Waals surface area contributed by atoms with E-state index in [4.69, 9.17) is 9.47 Å². The number of ketones is 1. The molecule has 2 atom stereocenters. The summed E-state index contributed by atoms with van der Waals surface area (Å²) in [6.45, 7) is -0.499. The minimum absolute atomic E-state index is 0.0230. The highest BCUT2D eigenvalue weighted by Gasteiger charge is 2.41. The maximum atomic E-state index is 12.4. The Morgan fingerprint density at radius 2 is 1.75 bits per heavy atom. The van der Waals surface area contributed by atoms with Crippen LogP contribution >= 0.6 is 15.9 Å². The number of aliphatic hydroxyl groups excluding tert-OH is 1. The number of para-hydroxylation sites is 1. The molecule has 3 rings (SSSR count). The lowest BCUT2D eigenvalue weighted by Gasteiger charge is -2.22. The average Bonchev–Trinajstić information content (AvgIpc) is 3.09. The van der Waals surface area contributed by atoms with E-state index in [-0.39, 0.29) is 18.7 Å². The number of esters is 1. The van der Waals surface area contributed by atoms with Crippen molar-refractivity contribution in [1.82, 2.24) is 4.90 Å². The molecule has 28 heavy (non-hydrogen) atoms. The number of benzene rings is 2. The largest absolute Gasteiger partial charge is 0.456 e. The second-order valence-corrected chi connectivity index (χ2v) is 7.19. The van der Waals surface area contributed by atoms with Gasteiger partial charge in [-0.25, -0.2) is 9.59 Å². The molecule has 1 aliphatic rings. The zero-order valence-corrected chi connectivity index (χ0v) is 16.4. The number of hydrogen-bond acceptors (Lipinski definition) is 6. The normalized spacial score (nSPS) is 18.6. The van der Waals surface area contributed by atoms with Crippen LogP contribution in [0.4, 0.5) is 4.79 Å². The van der Waals surface area contributed by atoms with Gasteiger partial charge in [0, 0.05) is 16.5 Å². The third-order valence-corrected chi connectivity index (χ3v) is 4.77. The van der Waals surface area contributed by atoms with E-state index in [2.05, 4.69) is 15.9 Å². The third kappa shape index (κ3) is 4.96. The van der Waals surface area contributed by atoms with Crippen molar-refractivity contribution >= 4 is 33.8 Å². The first-order chi connectivity index (χ1) is 13.4. The van der Waals surface area contributed by atoms with Crippen LogP contribution in [0.25, 0.3) is 0 Å². The highest BCUT2D eigenvalue weighted by molar-refractivity contribution is 9.10. The van der Waals surface area contributed by atoms with Gasteiger partial charge < -0.3 is 14.6 Å². The van der Waals surface area contributed by atoms with Crippen molar-refractivity contribution in [3.63, 3.8) is 0 Å². The summed E-state index contributed by atoms with van der Waals surface area (Å²) in [6.07, 6.45) is -1.61. The van der Waals surface area contributed by atoms with Crippen molar-refractivity contribution in [2.75, 3.05) is 13.2 Å². The first-order valence-electron chi connectivity index (χ1n) is 8.61. The lowest BCUT2D eigenvalue weighted by molar-refractivity contribution is -0.147. The predicted octanol–water partition coefficient (Wildman–Crippen LogP) is 2.81. The Kier molecular flexibility index (Phi) is 6.43. The van der Waals surface area contributed by atoms with E-state index < -0.39 is 30.8 Å². The third-order valence-electron chi connectivity index (χ3n) is 4.25. The van der Waals surface area contributed by atoms with Crippen LogP contribution in [-0.4, -0.2) is 53.1 Å². The van der Waals surface area contributed by atoms with Gasteiger partial charge in [0.2, 0.25) is 0 Å². The molecule has 0 bridgehead atoms. The molecule has 1 N–H and O–H groups in total. The monoisotopic (exact) mass is 447 g/mol. The molecule has 2 aromatic carbocycles. The molecule has 8 heteroatoms. The van der Waals surface area contributed by atoms with E-state index in [1.165, 1.54) is 0 Å². The Balaban J connectivity index is 1.60. The Morgan fingerprint density at radius 3 is 2.43 bits per heavy atom. The number of Topliss-reactive ketones (excluding diaryl/α,β-unsaturated/α-hetero) is 1. The number of carbonyl (C=O) groups is 3. The van der Waals surface area contributed by atoms with Gasteiger partial charge >= 0.3 is 12.1 Å². The Labute approximate surface area is 170 Å². The molecule has 1 amide bonds. The number of nitrogens with zero attached hydrogens (tertiary/aromatic N) is 1. The second-order valence-electron chi connectivity index (χ2n) is 6.28. The number of β-amino-alcohol motifs (C(OH)–C–C–N with tert-alkyl or cyclic N) is 1. The SMILES string of the molecule is O=C(COC(=O)[C@@H]1C[C@@H](O)CN1C(=O)Oc1ccccc1)c1ccc(Br)cc1. The summed E-state index contributed by atoms with van der Waals surface area (Å²) in [5.74, 6) is -0.795. The summed E-state index contributed by atoms with van der Waals surface area (Å²) < 4.78 is 11.1. The van der Waals surface area contributed by atoms with E-state index in [1.807, 2.05) is 0 Å². The molecular weight excluding hydrogens is 430 g/mol. The molecule has 1 heterocycles. The van der Waals surface area contributed by atoms with Gasteiger partial charge in [-0.3, -0.25) is 9.69 Å². The molecule has 2 aromatic rings. The summed E-state index contributed by atoms with van der Waals surface area (Å²) in [5.41, 5.74) is 0.405. The Bertz CT molecular complexity index is 855. The molecule has 0 radical (unpaired) electrons. The highest BCUT2D eigenvalue weighted by atomic mass is 79.9. The van der Waals surface area contributed by atoms with E-state index in [0.717, 1.165) is 9.37 Å². The van der Waals surface area contributed by atoms with Gasteiger partial charge in [0.25, 0.3) is 0 Å². The molecule has 1 saturated heterocycles. The van der Waals surface area contributed by atoms with E-state index in [0.29, 0.717) is 11.3 Å². The minimum atomic E-state index is -1.01. The number of aliphatic hydroxyl groups is 1. The van der Waals surface area contributed by atoms with Crippen LogP contribution < -0.4 is 4.74 Å². The van der Waals surface area contributed by atoms with Gasteiger partial charge in [-0.2, -0.15) is 0 Å². The molecule has 0 saturated carbocycles. The van der Waals surface area contributed by atoms with Gasteiger partial charge in [-0.15, -0.1) is 0 Å². The second kappa shape index (κ2) is 8.99. The summed E-state index contributed by atoms with van der Waals surface area (Å²) in [7, 11) is 0. The van der Waals surface area contributed by atoms with E-state index in [1.54, 1.807) is 54.6 Å². The first kappa shape index (κ1) is 20.0. The number of amides is 1.